The molecule has 0 unspecified atom stereocenters. The normalized spacial score (nSPS) is 12.4. The van der Waals surface area contributed by atoms with Gasteiger partial charge in [-0.3, -0.25) is 4.79 Å². The maximum absolute atomic E-state index is 12.3. The lowest BCUT2D eigenvalue weighted by Gasteiger charge is -2.11. The van der Waals surface area contributed by atoms with Crippen LogP contribution in [-0.2, 0) is 0 Å². The molecule has 0 saturated carbocycles. The molecule has 2 heterocycles. The first-order valence-corrected chi connectivity index (χ1v) is 9.07. The molecule has 9 heteroatoms. The molecule has 26 heavy (non-hydrogen) atoms. The average Bonchev–Trinajstić information content (AvgIpc) is 3.10. The number of H-pyrrole nitrogens is 1. The van der Waals surface area contributed by atoms with E-state index in [4.69, 9.17) is 11.6 Å². The number of benzene rings is 2. The Balaban J connectivity index is 1.65. The van der Waals surface area contributed by atoms with Gasteiger partial charge >= 0.3 is 0 Å². The molecule has 1 atom stereocenters. The van der Waals surface area contributed by atoms with Gasteiger partial charge in [-0.05, 0) is 53.7 Å². The van der Waals surface area contributed by atoms with E-state index in [1.54, 1.807) is 22.9 Å². The summed E-state index contributed by atoms with van der Waals surface area (Å²) in [5, 5.41) is 13.5. The van der Waals surface area contributed by atoms with Crippen molar-refractivity contribution in [2.24, 2.45) is 0 Å². The van der Waals surface area contributed by atoms with E-state index in [0.29, 0.717) is 26.9 Å². The van der Waals surface area contributed by atoms with Gasteiger partial charge in [-0.25, -0.2) is 4.98 Å². The standard InChI is InChI=1S/C17H13ClN6OS/c1-10(15-19-14-5-3-2-4-13(14)16(25)20-15)26-17-21-22-23-24(17)12-8-6-11(18)7-9-12/h2-10H,1H3,(H,19,20,25)/t10-/m1/s1. The lowest BCUT2D eigenvalue weighted by Crippen LogP contribution is -2.13. The fraction of sp³-hybridized carbons (Fsp3) is 0.118. The first-order valence-electron chi connectivity index (χ1n) is 7.82. The minimum absolute atomic E-state index is 0.149. The molecule has 0 spiro atoms. The summed E-state index contributed by atoms with van der Waals surface area (Å²) in [6.45, 7) is 1.94. The number of rotatable bonds is 4. The van der Waals surface area contributed by atoms with E-state index in [0.717, 1.165) is 5.69 Å². The Morgan fingerprint density at radius 2 is 1.92 bits per heavy atom. The Morgan fingerprint density at radius 1 is 1.15 bits per heavy atom. The first kappa shape index (κ1) is 16.7. The number of aromatic amines is 1. The van der Waals surface area contributed by atoms with Crippen molar-refractivity contribution in [1.82, 2.24) is 30.2 Å². The number of tetrazole rings is 1. The first-order chi connectivity index (χ1) is 12.6. The Kier molecular flexibility index (Phi) is 4.44. The predicted octanol–water partition coefficient (Wildman–Crippen LogP) is 3.41. The van der Waals surface area contributed by atoms with Crippen molar-refractivity contribution in [1.29, 1.82) is 0 Å². The monoisotopic (exact) mass is 384 g/mol. The maximum Gasteiger partial charge on any atom is 0.258 e. The number of nitrogens with one attached hydrogen (secondary N) is 1. The van der Waals surface area contributed by atoms with E-state index in [1.807, 2.05) is 37.3 Å². The van der Waals surface area contributed by atoms with E-state index in [9.17, 15) is 4.79 Å². The van der Waals surface area contributed by atoms with Crippen molar-refractivity contribution in [3.8, 4) is 5.69 Å². The highest BCUT2D eigenvalue weighted by Crippen LogP contribution is 2.32. The van der Waals surface area contributed by atoms with Crippen LogP contribution in [0, 0.1) is 0 Å². The van der Waals surface area contributed by atoms with Crippen molar-refractivity contribution < 1.29 is 0 Å². The zero-order chi connectivity index (χ0) is 18.1. The minimum atomic E-state index is -0.157. The van der Waals surface area contributed by atoms with Crippen molar-refractivity contribution in [3.63, 3.8) is 0 Å². The third kappa shape index (κ3) is 3.21. The van der Waals surface area contributed by atoms with Gasteiger partial charge in [0, 0.05) is 5.02 Å². The van der Waals surface area contributed by atoms with E-state index in [2.05, 4.69) is 25.5 Å². The molecule has 0 aliphatic rings. The molecular weight excluding hydrogens is 372 g/mol. The van der Waals surface area contributed by atoms with Crippen molar-refractivity contribution in [2.75, 3.05) is 0 Å². The topological polar surface area (TPSA) is 89.3 Å². The van der Waals surface area contributed by atoms with Crippen molar-refractivity contribution in [3.05, 3.63) is 69.7 Å². The lowest BCUT2D eigenvalue weighted by molar-refractivity contribution is 0.754. The summed E-state index contributed by atoms with van der Waals surface area (Å²) < 4.78 is 1.62. The van der Waals surface area contributed by atoms with Crippen molar-refractivity contribution in [2.45, 2.75) is 17.3 Å². The molecule has 0 radical (unpaired) electrons. The third-order valence-electron chi connectivity index (χ3n) is 3.81. The summed E-state index contributed by atoms with van der Waals surface area (Å²) in [5.41, 5.74) is 1.31. The van der Waals surface area contributed by atoms with E-state index in [1.165, 1.54) is 11.8 Å². The number of hydrogen-bond acceptors (Lipinski definition) is 6. The van der Waals surface area contributed by atoms with E-state index in [-0.39, 0.29) is 10.8 Å². The predicted molar refractivity (Wildman–Crippen MR) is 101 cm³/mol. The molecule has 4 rings (SSSR count). The van der Waals surface area contributed by atoms with Crippen LogP contribution >= 0.6 is 23.4 Å². The van der Waals surface area contributed by atoms with Crippen LogP contribution in [0.2, 0.25) is 5.02 Å². The maximum atomic E-state index is 12.3. The smallest absolute Gasteiger partial charge is 0.258 e. The fourth-order valence-corrected chi connectivity index (χ4v) is 3.50. The number of nitrogens with zero attached hydrogens (tertiary/aromatic N) is 5. The largest absolute Gasteiger partial charge is 0.309 e. The SMILES string of the molecule is C[C@@H](Sc1nnnn1-c1ccc(Cl)cc1)c1nc2ccccc2c(=O)[nH]1. The number of para-hydroxylation sites is 1. The molecule has 2 aromatic carbocycles. The van der Waals surface area contributed by atoms with E-state index >= 15 is 0 Å². The summed E-state index contributed by atoms with van der Waals surface area (Å²) in [5.74, 6) is 0.573. The highest BCUT2D eigenvalue weighted by Gasteiger charge is 2.17. The molecule has 0 bridgehead atoms. The van der Waals surface area contributed by atoms with Gasteiger partial charge in [-0.15, -0.1) is 5.10 Å². The summed E-state index contributed by atoms with van der Waals surface area (Å²) >= 11 is 7.34. The van der Waals surface area contributed by atoms with Crippen LogP contribution < -0.4 is 5.56 Å². The van der Waals surface area contributed by atoms with E-state index < -0.39 is 0 Å². The van der Waals surface area contributed by atoms with Crippen LogP contribution in [0.25, 0.3) is 16.6 Å². The third-order valence-corrected chi connectivity index (χ3v) is 5.10. The molecule has 1 N–H and O–H groups in total. The molecule has 7 nitrogen and oxygen atoms in total. The summed E-state index contributed by atoms with van der Waals surface area (Å²) in [7, 11) is 0. The molecular formula is C17H13ClN6OS. The minimum Gasteiger partial charge on any atom is -0.309 e. The number of aromatic nitrogens is 6. The van der Waals surface area contributed by atoms with Gasteiger partial charge in [0.1, 0.15) is 5.82 Å². The van der Waals surface area contributed by atoms with Crippen LogP contribution in [0.5, 0.6) is 0 Å². The Bertz CT molecular complexity index is 1120. The van der Waals surface area contributed by atoms with Crippen LogP contribution in [0.1, 0.15) is 18.0 Å². The summed E-state index contributed by atoms with van der Waals surface area (Å²) in [6, 6.07) is 14.5. The number of hydrogen-bond donors (Lipinski definition) is 1. The zero-order valence-corrected chi connectivity index (χ0v) is 15.2. The van der Waals surface area contributed by atoms with Gasteiger partial charge < -0.3 is 4.98 Å². The van der Waals surface area contributed by atoms with Gasteiger partial charge in [-0.2, -0.15) is 4.68 Å². The summed E-state index contributed by atoms with van der Waals surface area (Å²) in [6.07, 6.45) is 0. The molecule has 0 amide bonds. The molecule has 4 aromatic rings. The molecule has 0 aliphatic carbocycles. The van der Waals surface area contributed by atoms with Gasteiger partial charge in [0.2, 0.25) is 5.16 Å². The highest BCUT2D eigenvalue weighted by atomic mass is 35.5. The molecule has 0 aliphatic heterocycles. The molecule has 130 valence electrons. The fourth-order valence-electron chi connectivity index (χ4n) is 2.51. The zero-order valence-electron chi connectivity index (χ0n) is 13.6. The van der Waals surface area contributed by atoms with Crippen molar-refractivity contribution >= 4 is 34.3 Å². The summed E-state index contributed by atoms with van der Waals surface area (Å²) in [4.78, 5) is 19.7. The highest BCUT2D eigenvalue weighted by molar-refractivity contribution is 7.99. The second-order valence-electron chi connectivity index (χ2n) is 5.58. The van der Waals surface area contributed by atoms with Gasteiger partial charge in [-0.1, -0.05) is 35.5 Å². The quantitative estimate of drug-likeness (QED) is 0.542. The molecule has 2 aromatic heterocycles. The Hall–Kier alpha value is -2.71. The van der Waals surface area contributed by atoms with Gasteiger partial charge in [0.15, 0.2) is 0 Å². The second kappa shape index (κ2) is 6.89. The van der Waals surface area contributed by atoms with Crippen LogP contribution in [-0.4, -0.2) is 30.2 Å². The average molecular weight is 385 g/mol. The van der Waals surface area contributed by atoms with Crippen LogP contribution in [0.4, 0.5) is 0 Å². The lowest BCUT2D eigenvalue weighted by atomic mass is 10.2. The second-order valence-corrected chi connectivity index (χ2v) is 7.32. The van der Waals surface area contributed by atoms with Crippen LogP contribution in [0.3, 0.4) is 0 Å². The van der Waals surface area contributed by atoms with Crippen LogP contribution in [0.15, 0.2) is 58.5 Å². The Labute approximate surface area is 157 Å². The molecule has 0 fully saturated rings. The molecule has 0 saturated heterocycles. The number of fused-ring (bicyclic) bond motifs is 1. The van der Waals surface area contributed by atoms with Gasteiger partial charge in [0.25, 0.3) is 5.56 Å². The number of halogens is 1. The number of thioether (sulfide) groups is 1. The Morgan fingerprint density at radius 3 is 2.73 bits per heavy atom. The van der Waals surface area contributed by atoms with Gasteiger partial charge in [0.05, 0.1) is 21.8 Å².